The van der Waals surface area contributed by atoms with Crippen LogP contribution in [0.1, 0.15) is 6.92 Å². The third-order valence-electron chi connectivity index (χ3n) is 0.692. The van der Waals surface area contributed by atoms with Crippen LogP contribution in [0.25, 0.3) is 0 Å². The summed E-state index contributed by atoms with van der Waals surface area (Å²) in [7, 11) is 0. The second-order valence-corrected chi connectivity index (χ2v) is 3.51. The topological polar surface area (TPSA) is 42.0 Å². The monoisotopic (exact) mass is 174 g/mol. The molecule has 3 nitrogen and oxygen atoms in total. The van der Waals surface area contributed by atoms with Crippen molar-refractivity contribution in [3.05, 3.63) is 11.6 Å². The molecule has 0 fully saturated rings. The summed E-state index contributed by atoms with van der Waals surface area (Å²) in [6.45, 7) is 1.47. The average Bonchev–Trinajstić information content (AvgIpc) is 2.34. The fourth-order valence-corrected chi connectivity index (χ4v) is 1.56. The van der Waals surface area contributed by atoms with Crippen LogP contribution >= 0.6 is 23.3 Å². The van der Waals surface area contributed by atoms with Crippen molar-refractivity contribution in [1.82, 2.24) is 9.71 Å². The van der Waals surface area contributed by atoms with E-state index in [2.05, 4.69) is 9.71 Å². The van der Waals surface area contributed by atoms with E-state index >= 15 is 0 Å². The fourth-order valence-electron chi connectivity index (χ4n) is 0.376. The second-order valence-electron chi connectivity index (χ2n) is 1.56. The molecule has 0 saturated carbocycles. The van der Waals surface area contributed by atoms with Gasteiger partial charge in [-0.1, -0.05) is 0 Å². The van der Waals surface area contributed by atoms with Gasteiger partial charge in [0, 0.05) is 30.4 Å². The zero-order chi connectivity index (χ0) is 7.40. The van der Waals surface area contributed by atoms with Gasteiger partial charge in [-0.15, -0.1) is 11.3 Å². The first kappa shape index (κ1) is 7.56. The molecule has 0 radical (unpaired) electrons. The summed E-state index contributed by atoms with van der Waals surface area (Å²) in [5, 5.41) is 1.87. The normalized spacial score (nSPS) is 9.30. The van der Waals surface area contributed by atoms with E-state index in [-0.39, 0.29) is 5.91 Å². The average molecular weight is 174 g/mol. The van der Waals surface area contributed by atoms with Gasteiger partial charge in [0.05, 0.1) is 0 Å². The lowest BCUT2D eigenvalue weighted by Crippen LogP contribution is -2.09. The number of carbonyl (C=O) groups is 1. The second kappa shape index (κ2) is 3.58. The van der Waals surface area contributed by atoms with E-state index in [4.69, 9.17) is 0 Å². The lowest BCUT2D eigenvalue weighted by molar-refractivity contribution is -0.117. The lowest BCUT2D eigenvalue weighted by Gasteiger charge is -1.93. The van der Waals surface area contributed by atoms with Gasteiger partial charge in [-0.3, -0.25) is 9.52 Å². The Kier molecular flexibility index (Phi) is 2.70. The Bertz CT molecular complexity index is 209. The number of thiazole rings is 1. The number of aromatic nitrogens is 1. The molecule has 0 spiro atoms. The third kappa shape index (κ3) is 2.36. The van der Waals surface area contributed by atoms with Gasteiger partial charge < -0.3 is 0 Å². The van der Waals surface area contributed by atoms with Crippen LogP contribution < -0.4 is 4.72 Å². The predicted octanol–water partition coefficient (Wildman–Crippen LogP) is 1.29. The maximum Gasteiger partial charge on any atom is 0.227 e. The Labute approximate surface area is 67.0 Å². The molecule has 0 unspecified atom stereocenters. The Morgan fingerprint density at radius 2 is 2.70 bits per heavy atom. The van der Waals surface area contributed by atoms with Crippen LogP contribution in [0, 0.1) is 0 Å². The predicted molar refractivity (Wildman–Crippen MR) is 41.8 cm³/mol. The standard InChI is InChI=1S/C5H6N2OS2/c1-4(8)7-10-5-6-2-3-9-5/h2-3H,1H3,(H,7,8). The Balaban J connectivity index is 2.35. The van der Waals surface area contributed by atoms with E-state index in [1.807, 2.05) is 5.38 Å². The highest BCUT2D eigenvalue weighted by molar-refractivity contribution is 7.99. The molecule has 1 N–H and O–H groups in total. The number of carbonyl (C=O) groups excluding carboxylic acids is 1. The fraction of sp³-hybridized carbons (Fsp3) is 0.200. The molecule has 0 bridgehead atoms. The Hall–Kier alpha value is -0.550. The summed E-state index contributed by atoms with van der Waals surface area (Å²) >= 11 is 2.75. The van der Waals surface area contributed by atoms with E-state index in [1.54, 1.807) is 6.20 Å². The van der Waals surface area contributed by atoms with Crippen LogP contribution in [0.5, 0.6) is 0 Å². The molecule has 1 rings (SSSR count). The number of hydrogen-bond donors (Lipinski definition) is 1. The minimum absolute atomic E-state index is 0.0554. The highest BCUT2D eigenvalue weighted by Crippen LogP contribution is 2.15. The molecule has 0 saturated heterocycles. The SMILES string of the molecule is CC(=O)NSc1nccs1. The molecular formula is C5H6N2OS2. The quantitative estimate of drug-likeness (QED) is 0.687. The number of rotatable bonds is 2. The number of nitrogens with zero attached hydrogens (tertiary/aromatic N) is 1. The van der Waals surface area contributed by atoms with Gasteiger partial charge in [-0.2, -0.15) is 0 Å². The van der Waals surface area contributed by atoms with Crippen molar-refractivity contribution in [1.29, 1.82) is 0 Å². The van der Waals surface area contributed by atoms with Crippen molar-refractivity contribution in [2.75, 3.05) is 0 Å². The minimum Gasteiger partial charge on any atom is -0.294 e. The van der Waals surface area contributed by atoms with Gasteiger partial charge in [0.15, 0.2) is 4.34 Å². The smallest absolute Gasteiger partial charge is 0.227 e. The van der Waals surface area contributed by atoms with Crippen molar-refractivity contribution in [3.63, 3.8) is 0 Å². The Morgan fingerprint density at radius 3 is 3.20 bits per heavy atom. The highest BCUT2D eigenvalue weighted by atomic mass is 32.2. The first-order chi connectivity index (χ1) is 4.79. The molecular weight excluding hydrogens is 168 g/mol. The van der Waals surface area contributed by atoms with Crippen LogP contribution in [0.15, 0.2) is 15.9 Å². The molecule has 0 aliphatic rings. The first-order valence-corrected chi connectivity index (χ1v) is 4.31. The first-order valence-electron chi connectivity index (χ1n) is 2.62. The molecule has 1 aromatic heterocycles. The molecule has 0 atom stereocenters. The molecule has 1 amide bonds. The van der Waals surface area contributed by atoms with E-state index in [0.29, 0.717) is 0 Å². The van der Waals surface area contributed by atoms with Crippen LogP contribution in [0.2, 0.25) is 0 Å². The summed E-state index contributed by atoms with van der Waals surface area (Å²) in [5.41, 5.74) is 0. The van der Waals surface area contributed by atoms with Gasteiger partial charge in [0.2, 0.25) is 5.91 Å². The maximum absolute atomic E-state index is 10.4. The lowest BCUT2D eigenvalue weighted by atomic mass is 10.8. The molecule has 54 valence electrons. The number of hydrogen-bond acceptors (Lipinski definition) is 4. The summed E-state index contributed by atoms with van der Waals surface area (Å²) in [6, 6.07) is 0. The van der Waals surface area contributed by atoms with Gasteiger partial charge >= 0.3 is 0 Å². The largest absolute Gasteiger partial charge is 0.294 e. The van der Waals surface area contributed by atoms with E-state index in [1.165, 1.54) is 30.2 Å². The van der Waals surface area contributed by atoms with Gasteiger partial charge in [0.1, 0.15) is 0 Å². The van der Waals surface area contributed by atoms with E-state index in [9.17, 15) is 4.79 Å². The minimum atomic E-state index is -0.0554. The van der Waals surface area contributed by atoms with E-state index < -0.39 is 0 Å². The Morgan fingerprint density at radius 1 is 1.90 bits per heavy atom. The molecule has 5 heteroatoms. The van der Waals surface area contributed by atoms with Crippen LogP contribution in [-0.4, -0.2) is 10.9 Å². The molecule has 0 aromatic carbocycles. The van der Waals surface area contributed by atoms with Gasteiger partial charge in [-0.25, -0.2) is 4.98 Å². The van der Waals surface area contributed by atoms with Crippen molar-refractivity contribution < 1.29 is 4.79 Å². The van der Waals surface area contributed by atoms with Crippen LogP contribution in [-0.2, 0) is 4.79 Å². The molecule has 1 aromatic rings. The molecule has 10 heavy (non-hydrogen) atoms. The van der Waals surface area contributed by atoms with Crippen molar-refractivity contribution >= 4 is 29.2 Å². The van der Waals surface area contributed by atoms with Gasteiger partial charge in [0.25, 0.3) is 0 Å². The molecule has 1 heterocycles. The van der Waals surface area contributed by atoms with Crippen LogP contribution in [0.4, 0.5) is 0 Å². The molecule has 0 aliphatic carbocycles. The van der Waals surface area contributed by atoms with Crippen molar-refractivity contribution in [3.8, 4) is 0 Å². The van der Waals surface area contributed by atoms with Crippen molar-refractivity contribution in [2.24, 2.45) is 0 Å². The molecule has 0 aliphatic heterocycles. The number of amides is 1. The number of nitrogens with one attached hydrogen (secondary N) is 1. The maximum atomic E-state index is 10.4. The van der Waals surface area contributed by atoms with Crippen molar-refractivity contribution in [2.45, 2.75) is 11.3 Å². The summed E-state index contributed by atoms with van der Waals surface area (Å²) < 4.78 is 3.43. The summed E-state index contributed by atoms with van der Waals surface area (Å²) in [5.74, 6) is -0.0554. The summed E-state index contributed by atoms with van der Waals surface area (Å²) in [6.07, 6.45) is 1.70. The van der Waals surface area contributed by atoms with E-state index in [0.717, 1.165) is 4.34 Å². The zero-order valence-corrected chi connectivity index (χ0v) is 6.96. The van der Waals surface area contributed by atoms with Crippen LogP contribution in [0.3, 0.4) is 0 Å². The summed E-state index contributed by atoms with van der Waals surface area (Å²) in [4.78, 5) is 14.3. The van der Waals surface area contributed by atoms with Gasteiger partial charge in [-0.05, 0) is 0 Å². The highest BCUT2D eigenvalue weighted by Gasteiger charge is 1.95. The zero-order valence-electron chi connectivity index (χ0n) is 5.33. The third-order valence-corrected chi connectivity index (χ3v) is 2.46.